The van der Waals surface area contributed by atoms with Crippen LogP contribution in [0.15, 0.2) is 115 Å². The molecule has 2 aliphatic heterocycles. The lowest BCUT2D eigenvalue weighted by Crippen LogP contribution is -2.65. The predicted molar refractivity (Wildman–Crippen MR) is 317 cm³/mol. The highest BCUT2D eigenvalue weighted by atomic mass is 19.1. The van der Waals surface area contributed by atoms with Crippen LogP contribution in [0.5, 0.6) is 0 Å². The maximum atomic E-state index is 14.4. The molecule has 5 aromatic rings. The zero-order valence-corrected chi connectivity index (χ0v) is 50.6. The van der Waals surface area contributed by atoms with Crippen molar-refractivity contribution in [3.63, 3.8) is 0 Å². The molecule has 2 heterocycles. The van der Waals surface area contributed by atoms with Crippen LogP contribution in [0.1, 0.15) is 123 Å². The van der Waals surface area contributed by atoms with Gasteiger partial charge in [0, 0.05) is 88.1 Å². The number of nitrogens with two attached hydrogens (primary N) is 1. The Morgan fingerprint density at radius 3 is 1.41 bits per heavy atom. The molecule has 86 heavy (non-hydrogen) atoms. The number of piperazine rings is 2. The lowest BCUT2D eigenvalue weighted by atomic mass is 9.83. The molecule has 5 amide bonds. The van der Waals surface area contributed by atoms with Crippen molar-refractivity contribution in [3.8, 4) is 0 Å². The molecule has 0 saturated carbocycles. The number of hydrogen-bond acceptors (Lipinski definition) is 11. The fourth-order valence-corrected chi connectivity index (χ4v) is 10.6. The van der Waals surface area contributed by atoms with Gasteiger partial charge in [-0.3, -0.25) is 29.0 Å². The van der Waals surface area contributed by atoms with Crippen molar-refractivity contribution in [1.29, 1.82) is 0 Å². The Balaban J connectivity index is 0.000000300. The van der Waals surface area contributed by atoms with Gasteiger partial charge in [-0.1, -0.05) is 74.5 Å². The number of ketones is 1. The van der Waals surface area contributed by atoms with Crippen LogP contribution in [-0.4, -0.2) is 151 Å². The number of Topliss-reactive ketones (excluding diaryl/α,β-unsaturated/α-hetero) is 1. The second-order valence-corrected chi connectivity index (χ2v) is 24.1. The van der Waals surface area contributed by atoms with Crippen molar-refractivity contribution in [2.24, 2.45) is 11.7 Å². The number of hydrogen-bond donors (Lipinski definition) is 3. The topological polar surface area (TPSA) is 204 Å². The van der Waals surface area contributed by atoms with E-state index in [1.54, 1.807) is 75.3 Å². The zero-order chi connectivity index (χ0) is 63.2. The fourth-order valence-electron chi connectivity index (χ4n) is 10.6. The summed E-state index contributed by atoms with van der Waals surface area (Å²) in [6.07, 6.45) is -3.79. The highest BCUT2D eigenvalue weighted by Crippen LogP contribution is 2.30. The van der Waals surface area contributed by atoms with E-state index in [0.29, 0.717) is 30.8 Å². The fraction of sp³-hybridized carbons (Fsp3) is 0.455. The van der Waals surface area contributed by atoms with E-state index in [4.69, 9.17) is 15.2 Å². The minimum atomic E-state index is -1.65. The SMILES string of the molecule is CC(C)(C)OC(=O)N1CCN(Cc2ccccc2)C(=O)[C@@H]1[C@@H](O)[C@@H](N)Cc1cc(F)cc(F)c1.CCCN(CCC)C(=O)c1cc(C)cc(C(=O)C[C@@H](Cc2cc(F)cc(F)c2)[C@H](O)[C@H]2C(=O)N(Cc3ccccc3)CCN2C(=O)OC(C)(C)C)c1. The van der Waals surface area contributed by atoms with Crippen molar-refractivity contribution >= 4 is 35.7 Å². The highest BCUT2D eigenvalue weighted by molar-refractivity contribution is 6.01. The summed E-state index contributed by atoms with van der Waals surface area (Å²) in [4.78, 5) is 89.0. The van der Waals surface area contributed by atoms with Crippen molar-refractivity contribution in [2.75, 3.05) is 39.3 Å². The van der Waals surface area contributed by atoms with Crippen molar-refractivity contribution in [2.45, 2.75) is 149 Å². The van der Waals surface area contributed by atoms with Crippen LogP contribution in [0.4, 0.5) is 27.2 Å². The molecular formula is C66H82F4N6O10. The summed E-state index contributed by atoms with van der Waals surface area (Å²) in [5, 5.41) is 23.3. The number of rotatable bonds is 20. The molecule has 6 atom stereocenters. The van der Waals surface area contributed by atoms with E-state index in [1.807, 2.05) is 74.5 Å². The standard InChI is InChI=1S/C41H51F2N3O6.C25H31F2N3O4/c1-7-14-44(15-8-2)38(49)32-19-27(3)18-30(23-32)35(47)24-31(20-29-21-33(42)25-34(43)22-29)37(48)36-39(50)45(26-28-12-10-9-11-13-28)16-17-46(36)40(51)52-41(4,5)6;1-25(2,3)34-24(33)30-10-9-29(15-16-7-5-4-6-8-16)23(32)21(30)22(31)20(28)13-17-11-18(26)14-19(27)12-17/h9-13,18-19,21-23,25,31,36-37,48H,7-8,14-17,20,24,26H2,1-6H3;4-8,11-12,14,20-22,31H,9-10,13,15,28H2,1-3H3/t31-,36+,37+;20-,21-,22-/m10/s1. The Hall–Kier alpha value is -7.68. The van der Waals surface area contributed by atoms with Crippen molar-refractivity contribution in [1.82, 2.24) is 24.5 Å². The number of carbonyl (C=O) groups is 6. The summed E-state index contributed by atoms with van der Waals surface area (Å²) < 4.78 is 67.1. The Kier molecular flexibility index (Phi) is 23.6. The normalized spacial score (nSPS) is 17.0. The van der Waals surface area contributed by atoms with Gasteiger partial charge in [0.2, 0.25) is 11.8 Å². The third kappa shape index (κ3) is 19.2. The summed E-state index contributed by atoms with van der Waals surface area (Å²) in [6, 6.07) is 25.6. The molecular weight excluding hydrogens is 1110 g/mol. The van der Waals surface area contributed by atoms with Gasteiger partial charge in [-0.2, -0.15) is 0 Å². The number of benzene rings is 5. The molecule has 0 spiro atoms. The quantitative estimate of drug-likeness (QED) is 0.0494. The van der Waals surface area contributed by atoms with Gasteiger partial charge >= 0.3 is 12.2 Å². The molecule has 0 radical (unpaired) electrons. The molecule has 0 aromatic heterocycles. The van der Waals surface area contributed by atoms with E-state index in [2.05, 4.69) is 0 Å². The number of carbonyl (C=O) groups excluding carboxylic acids is 6. The number of aliphatic hydroxyl groups is 2. The van der Waals surface area contributed by atoms with Crippen molar-refractivity contribution in [3.05, 3.63) is 177 Å². The Labute approximate surface area is 501 Å². The van der Waals surface area contributed by atoms with Crippen LogP contribution in [0.2, 0.25) is 0 Å². The van der Waals surface area contributed by atoms with E-state index in [0.717, 1.165) is 60.4 Å². The average Bonchev–Trinajstić information content (AvgIpc) is 2.42. The number of halogens is 4. The van der Waals surface area contributed by atoms with Crippen LogP contribution in [0, 0.1) is 36.1 Å². The molecule has 0 unspecified atom stereocenters. The van der Waals surface area contributed by atoms with Gasteiger partial charge < -0.3 is 40.1 Å². The van der Waals surface area contributed by atoms with Crippen molar-refractivity contribution < 1.29 is 66.0 Å². The van der Waals surface area contributed by atoms with E-state index >= 15 is 0 Å². The lowest BCUT2D eigenvalue weighted by Gasteiger charge is -2.44. The van der Waals surface area contributed by atoms with Crippen LogP contribution in [-0.2, 0) is 45.0 Å². The maximum absolute atomic E-state index is 14.4. The molecule has 7 rings (SSSR count). The van der Waals surface area contributed by atoms with E-state index in [-0.39, 0.29) is 74.6 Å². The van der Waals surface area contributed by atoms with E-state index in [1.165, 1.54) is 15.9 Å². The van der Waals surface area contributed by atoms with Gasteiger partial charge in [-0.25, -0.2) is 27.2 Å². The summed E-state index contributed by atoms with van der Waals surface area (Å²) >= 11 is 0. The Morgan fingerprint density at radius 2 is 0.988 bits per heavy atom. The van der Waals surface area contributed by atoms with E-state index < -0.39 is 101 Å². The molecule has 20 heteroatoms. The van der Waals surface area contributed by atoms with Gasteiger partial charge in [0.1, 0.15) is 46.6 Å². The number of aryl methyl sites for hydroxylation is 1. The van der Waals surface area contributed by atoms with Gasteiger partial charge in [0.15, 0.2) is 5.78 Å². The Morgan fingerprint density at radius 1 is 0.581 bits per heavy atom. The smallest absolute Gasteiger partial charge is 0.411 e. The number of amides is 5. The monoisotopic (exact) mass is 1190 g/mol. The van der Waals surface area contributed by atoms with Crippen LogP contribution < -0.4 is 5.73 Å². The second kappa shape index (κ2) is 30.1. The minimum absolute atomic E-state index is 0.0415. The third-order valence-electron chi connectivity index (χ3n) is 14.5. The largest absolute Gasteiger partial charge is 0.444 e. The molecule has 0 aliphatic carbocycles. The Bertz CT molecular complexity index is 3100. The summed E-state index contributed by atoms with van der Waals surface area (Å²) in [5.41, 5.74) is 7.87. The predicted octanol–water partition coefficient (Wildman–Crippen LogP) is 9.82. The lowest BCUT2D eigenvalue weighted by molar-refractivity contribution is -0.149. The van der Waals surface area contributed by atoms with Gasteiger partial charge in [-0.05, 0) is 150 Å². The van der Waals surface area contributed by atoms with E-state index in [9.17, 15) is 56.5 Å². The first-order valence-electron chi connectivity index (χ1n) is 29.1. The first-order valence-corrected chi connectivity index (χ1v) is 29.1. The molecule has 16 nitrogen and oxygen atoms in total. The van der Waals surface area contributed by atoms with Gasteiger partial charge in [0.25, 0.3) is 5.91 Å². The minimum Gasteiger partial charge on any atom is -0.444 e. The average molecular weight is 1200 g/mol. The first-order chi connectivity index (χ1) is 40.5. The number of ether oxygens (including phenoxy) is 2. The second-order valence-electron chi connectivity index (χ2n) is 24.1. The number of aliphatic hydroxyl groups excluding tert-OH is 2. The highest BCUT2D eigenvalue weighted by Gasteiger charge is 2.47. The molecule has 2 aliphatic rings. The zero-order valence-electron chi connectivity index (χ0n) is 50.6. The summed E-state index contributed by atoms with van der Waals surface area (Å²) in [7, 11) is 0. The molecule has 4 N–H and O–H groups in total. The number of nitrogens with zero attached hydrogens (tertiary/aromatic N) is 5. The van der Waals surface area contributed by atoms with Crippen LogP contribution in [0.3, 0.4) is 0 Å². The molecule has 464 valence electrons. The first kappa shape index (κ1) is 67.4. The summed E-state index contributed by atoms with van der Waals surface area (Å²) in [5.74, 6) is -5.96. The summed E-state index contributed by atoms with van der Waals surface area (Å²) in [6.45, 7) is 18.2. The third-order valence-corrected chi connectivity index (χ3v) is 14.5. The molecule has 2 saturated heterocycles. The molecule has 2 fully saturated rings. The van der Waals surface area contributed by atoms with Crippen LogP contribution >= 0.6 is 0 Å². The molecule has 0 bridgehead atoms. The van der Waals surface area contributed by atoms with Gasteiger partial charge in [0.05, 0.1) is 12.2 Å². The van der Waals surface area contributed by atoms with Crippen LogP contribution in [0.25, 0.3) is 0 Å². The molecule has 5 aromatic carbocycles. The van der Waals surface area contributed by atoms with Gasteiger partial charge in [-0.15, -0.1) is 0 Å². The maximum Gasteiger partial charge on any atom is 0.411 e.